The number of fused-ring (bicyclic) bond motifs is 1. The van der Waals surface area contributed by atoms with E-state index in [4.69, 9.17) is 4.18 Å². The summed E-state index contributed by atoms with van der Waals surface area (Å²) in [6.07, 6.45) is 1.75. The first-order valence-electron chi connectivity index (χ1n) is 12.6. The zero-order valence-electron chi connectivity index (χ0n) is 19.9. The number of para-hydroxylation sites is 1. The molecule has 0 saturated heterocycles. The van der Waals surface area contributed by atoms with Gasteiger partial charge in [-0.15, -0.1) is 0 Å². The van der Waals surface area contributed by atoms with Crippen molar-refractivity contribution in [3.8, 4) is 5.75 Å². The molecular weight excluding hydrogens is 429 g/mol. The summed E-state index contributed by atoms with van der Waals surface area (Å²) in [7, 11) is 0. The van der Waals surface area contributed by atoms with Crippen LogP contribution in [0.15, 0.2) is 30.3 Å². The maximum atomic E-state index is 13.4. The molecule has 3 aliphatic carbocycles. The van der Waals surface area contributed by atoms with E-state index in [1.165, 1.54) is 0 Å². The van der Waals surface area contributed by atoms with Gasteiger partial charge in [-0.3, -0.25) is 0 Å². The van der Waals surface area contributed by atoms with Gasteiger partial charge in [0.2, 0.25) is 0 Å². The third kappa shape index (κ3) is 4.83. The van der Waals surface area contributed by atoms with Gasteiger partial charge in [0.05, 0.1) is 18.0 Å². The maximum Gasteiger partial charge on any atom is 0.391 e. The van der Waals surface area contributed by atoms with Gasteiger partial charge in [-0.1, -0.05) is 52.3 Å². The lowest BCUT2D eigenvalue weighted by Crippen LogP contribution is -2.45. The lowest BCUT2D eigenvalue weighted by atomic mass is 9.54. The molecule has 1 nitrogen and oxygen atoms in total. The fourth-order valence-electron chi connectivity index (χ4n) is 7.94. The lowest BCUT2D eigenvalue weighted by Gasteiger charge is -2.52. The first kappa shape index (κ1) is 24.3. The van der Waals surface area contributed by atoms with Gasteiger partial charge >= 0.3 is 6.18 Å². The van der Waals surface area contributed by atoms with Gasteiger partial charge < -0.3 is 4.18 Å². The van der Waals surface area contributed by atoms with Crippen LogP contribution in [0.1, 0.15) is 72.6 Å². The van der Waals surface area contributed by atoms with Gasteiger partial charge in [-0.25, -0.2) is 0 Å². The van der Waals surface area contributed by atoms with E-state index in [-0.39, 0.29) is 11.3 Å². The van der Waals surface area contributed by atoms with Crippen molar-refractivity contribution in [1.82, 2.24) is 0 Å². The summed E-state index contributed by atoms with van der Waals surface area (Å²) < 4.78 is 46.2. The molecule has 4 rings (SSSR count). The molecule has 3 aliphatic rings. The van der Waals surface area contributed by atoms with Gasteiger partial charge in [0, 0.05) is 5.25 Å². The predicted molar refractivity (Wildman–Crippen MR) is 126 cm³/mol. The molecule has 8 atom stereocenters. The Morgan fingerprint density at radius 3 is 2.38 bits per heavy atom. The number of hydrogen-bond acceptors (Lipinski definition) is 2. The van der Waals surface area contributed by atoms with Gasteiger partial charge in [0.1, 0.15) is 5.75 Å². The van der Waals surface area contributed by atoms with Crippen molar-refractivity contribution < 1.29 is 17.4 Å². The number of hydrogen-bond donors (Lipinski definition) is 0. The Labute approximate surface area is 196 Å². The van der Waals surface area contributed by atoms with Crippen molar-refractivity contribution in [2.24, 2.45) is 46.8 Å². The largest absolute Gasteiger partial charge is 0.426 e. The summed E-state index contributed by atoms with van der Waals surface area (Å²) in [6.45, 7) is 9.49. The standard InChI is InChI=1S/C27H39F3OS/c1-5-21-22-14-12-19(27(28,29)30)15-18(22)11-13-23(21)25-17(2)24(16-26(25,3)4)32-31-20-9-7-6-8-10-20/h6-10,17-19,21-25H,5,11-16H2,1-4H3/t17-,18?,19?,21?,22+,23-,24?,25?/m1/s1. The minimum Gasteiger partial charge on any atom is -0.426 e. The number of halogens is 3. The first-order chi connectivity index (χ1) is 15.1. The van der Waals surface area contributed by atoms with E-state index in [1.807, 2.05) is 30.3 Å². The zero-order valence-corrected chi connectivity index (χ0v) is 20.7. The molecule has 32 heavy (non-hydrogen) atoms. The van der Waals surface area contributed by atoms with E-state index in [2.05, 4.69) is 27.7 Å². The van der Waals surface area contributed by atoms with Crippen molar-refractivity contribution in [3.05, 3.63) is 30.3 Å². The Morgan fingerprint density at radius 2 is 1.72 bits per heavy atom. The Kier molecular flexibility index (Phi) is 7.15. The van der Waals surface area contributed by atoms with Gasteiger partial charge in [0.15, 0.2) is 0 Å². The van der Waals surface area contributed by atoms with Gasteiger partial charge in [-0.05, 0) is 91.6 Å². The minimum atomic E-state index is -4.02. The highest BCUT2D eigenvalue weighted by Crippen LogP contribution is 2.61. The summed E-state index contributed by atoms with van der Waals surface area (Å²) in [5.41, 5.74) is 0.227. The zero-order chi connectivity index (χ0) is 23.1. The maximum absolute atomic E-state index is 13.4. The van der Waals surface area contributed by atoms with Crippen LogP contribution in [0.25, 0.3) is 0 Å². The summed E-state index contributed by atoms with van der Waals surface area (Å²) in [6, 6.07) is 10.00. The topological polar surface area (TPSA) is 9.23 Å². The first-order valence-corrected chi connectivity index (χ1v) is 13.4. The van der Waals surface area contributed by atoms with Crippen LogP contribution in [-0.4, -0.2) is 11.4 Å². The number of rotatable bonds is 5. The van der Waals surface area contributed by atoms with Crippen LogP contribution in [0.5, 0.6) is 5.75 Å². The van der Waals surface area contributed by atoms with E-state index in [0.717, 1.165) is 37.9 Å². The molecule has 0 bridgehead atoms. The third-order valence-electron chi connectivity index (χ3n) is 9.20. The van der Waals surface area contributed by atoms with Crippen LogP contribution in [0.3, 0.4) is 0 Å². The quantitative estimate of drug-likeness (QED) is 0.399. The molecule has 1 aromatic carbocycles. The molecule has 5 unspecified atom stereocenters. The van der Waals surface area contributed by atoms with E-state index >= 15 is 0 Å². The predicted octanol–water partition coefficient (Wildman–Crippen LogP) is 8.80. The summed E-state index contributed by atoms with van der Waals surface area (Å²) in [5.74, 6) is 2.90. The normalized spacial score (nSPS) is 39.5. The van der Waals surface area contributed by atoms with Crippen LogP contribution >= 0.6 is 12.0 Å². The molecule has 5 heteroatoms. The fourth-order valence-corrected chi connectivity index (χ4v) is 9.13. The Hall–Kier alpha value is -0.840. The minimum absolute atomic E-state index is 0.227. The summed E-state index contributed by atoms with van der Waals surface area (Å²) in [5, 5.41) is 0.450. The average molecular weight is 469 g/mol. The van der Waals surface area contributed by atoms with Crippen molar-refractivity contribution in [3.63, 3.8) is 0 Å². The number of benzene rings is 1. The van der Waals surface area contributed by atoms with Crippen LogP contribution in [0.4, 0.5) is 13.2 Å². The molecule has 0 N–H and O–H groups in total. The second-order valence-corrected chi connectivity index (χ2v) is 12.4. The van der Waals surface area contributed by atoms with Gasteiger partial charge in [0.25, 0.3) is 0 Å². The summed E-state index contributed by atoms with van der Waals surface area (Å²) in [4.78, 5) is 0. The highest BCUT2D eigenvalue weighted by atomic mass is 32.2. The second kappa shape index (κ2) is 9.43. The second-order valence-electron chi connectivity index (χ2n) is 11.4. The Morgan fingerprint density at radius 1 is 1.03 bits per heavy atom. The molecule has 0 aromatic heterocycles. The molecule has 0 amide bonds. The summed E-state index contributed by atoms with van der Waals surface area (Å²) >= 11 is 1.62. The smallest absolute Gasteiger partial charge is 0.391 e. The monoisotopic (exact) mass is 468 g/mol. The van der Waals surface area contributed by atoms with Crippen molar-refractivity contribution in [2.45, 2.75) is 84.1 Å². The van der Waals surface area contributed by atoms with Crippen LogP contribution in [0.2, 0.25) is 0 Å². The Bertz CT molecular complexity index is 749. The van der Waals surface area contributed by atoms with Crippen molar-refractivity contribution in [1.29, 1.82) is 0 Å². The highest BCUT2D eigenvalue weighted by molar-refractivity contribution is 7.95. The third-order valence-corrected chi connectivity index (χ3v) is 10.3. The van der Waals surface area contributed by atoms with Gasteiger partial charge in [-0.2, -0.15) is 13.2 Å². The Balaban J connectivity index is 1.46. The molecule has 0 radical (unpaired) electrons. The molecule has 0 heterocycles. The fraction of sp³-hybridized carbons (Fsp3) is 0.778. The van der Waals surface area contributed by atoms with E-state index in [9.17, 15) is 13.2 Å². The SMILES string of the molecule is CCC1[C@H](C2[C@H](C)C(SOc3ccccc3)CC2(C)C)CCC2CC(C(F)(F)F)CC[C@@H]21. The molecule has 3 fully saturated rings. The molecule has 180 valence electrons. The molecule has 0 aliphatic heterocycles. The van der Waals surface area contributed by atoms with Crippen molar-refractivity contribution in [2.75, 3.05) is 0 Å². The van der Waals surface area contributed by atoms with Crippen molar-refractivity contribution >= 4 is 12.0 Å². The van der Waals surface area contributed by atoms with Crippen LogP contribution < -0.4 is 4.18 Å². The molecule has 0 spiro atoms. The van der Waals surface area contributed by atoms with E-state index in [0.29, 0.717) is 47.7 Å². The van der Waals surface area contributed by atoms with Crippen LogP contribution in [-0.2, 0) is 0 Å². The van der Waals surface area contributed by atoms with Crippen LogP contribution in [0, 0.1) is 46.8 Å². The molecule has 1 aromatic rings. The van der Waals surface area contributed by atoms with E-state index < -0.39 is 12.1 Å². The average Bonchev–Trinajstić information content (AvgIpc) is 2.99. The molecule has 3 saturated carbocycles. The molecular formula is C27H39F3OS. The lowest BCUT2D eigenvalue weighted by molar-refractivity contribution is -0.194. The highest BCUT2D eigenvalue weighted by Gasteiger charge is 2.55. The van der Waals surface area contributed by atoms with E-state index in [1.54, 1.807) is 12.0 Å². The number of alkyl halides is 3.